The van der Waals surface area contributed by atoms with Crippen LogP contribution in [0, 0.1) is 13.8 Å². The summed E-state index contributed by atoms with van der Waals surface area (Å²) in [4.78, 5) is 31.4. The number of para-hydroxylation sites is 1. The second kappa shape index (κ2) is 13.2. The molecule has 1 aliphatic heterocycles. The van der Waals surface area contributed by atoms with Gasteiger partial charge in [0.25, 0.3) is 5.91 Å². The third-order valence-corrected chi connectivity index (χ3v) is 8.30. The average molecular weight is 573 g/mol. The Labute approximate surface area is 245 Å². The quantitative estimate of drug-likeness (QED) is 0.203. The third-order valence-electron chi connectivity index (χ3n) is 7.07. The Morgan fingerprint density at radius 3 is 2.50 bits per heavy atom. The van der Waals surface area contributed by atoms with Crippen molar-refractivity contribution in [2.75, 3.05) is 42.5 Å². The molecule has 1 fully saturated rings. The minimum Gasteiger partial charge on any atom is -0.367 e. The van der Waals surface area contributed by atoms with Gasteiger partial charge in [0, 0.05) is 73.6 Å². The van der Waals surface area contributed by atoms with Gasteiger partial charge in [-0.15, -0.1) is 0 Å². The molecule has 0 atom stereocenters. The minimum absolute atomic E-state index is 0.0802. The molecule has 0 bridgehead atoms. The van der Waals surface area contributed by atoms with E-state index >= 15 is 0 Å². The lowest BCUT2D eigenvalue weighted by Gasteiger charge is -2.37. The van der Waals surface area contributed by atoms with Crippen molar-refractivity contribution in [2.45, 2.75) is 31.2 Å². The van der Waals surface area contributed by atoms with Gasteiger partial charge < -0.3 is 15.1 Å². The molecule has 7 nitrogen and oxygen atoms in total. The highest BCUT2D eigenvalue weighted by atomic mass is 35.5. The maximum atomic E-state index is 12.7. The number of nitrogens with one attached hydrogen (secondary N) is 1. The maximum absolute atomic E-state index is 12.7. The predicted molar refractivity (Wildman–Crippen MR) is 164 cm³/mol. The molecule has 2 aromatic heterocycles. The number of thioether (sulfide) groups is 1. The summed E-state index contributed by atoms with van der Waals surface area (Å²) in [5.41, 5.74) is 5.85. The summed E-state index contributed by atoms with van der Waals surface area (Å²) in [5.74, 6) is 1.59. The van der Waals surface area contributed by atoms with E-state index in [1.807, 2.05) is 67.6 Å². The first-order valence-corrected chi connectivity index (χ1v) is 14.8. The number of piperazine rings is 1. The highest BCUT2D eigenvalue weighted by Gasteiger charge is 2.22. The van der Waals surface area contributed by atoms with Gasteiger partial charge in [0.05, 0.1) is 10.7 Å². The van der Waals surface area contributed by atoms with Gasteiger partial charge in [-0.05, 0) is 55.8 Å². The van der Waals surface area contributed by atoms with Gasteiger partial charge in [0.2, 0.25) is 0 Å². The largest absolute Gasteiger partial charge is 0.367 e. The fourth-order valence-corrected chi connectivity index (χ4v) is 5.81. The second-order valence-electron chi connectivity index (χ2n) is 9.78. The predicted octanol–water partition coefficient (Wildman–Crippen LogP) is 5.73. The highest BCUT2D eigenvalue weighted by Crippen LogP contribution is 2.30. The van der Waals surface area contributed by atoms with Crippen molar-refractivity contribution in [3.63, 3.8) is 0 Å². The summed E-state index contributed by atoms with van der Waals surface area (Å²) in [5, 5.41) is 4.53. The number of amides is 1. The van der Waals surface area contributed by atoms with Crippen LogP contribution in [0.4, 0.5) is 11.5 Å². The topological polar surface area (TPSA) is 74.2 Å². The molecule has 206 valence electrons. The monoisotopic (exact) mass is 572 g/mol. The molecule has 1 amide bonds. The summed E-state index contributed by atoms with van der Waals surface area (Å²) in [6.07, 6.45) is 2.46. The van der Waals surface area contributed by atoms with Crippen LogP contribution in [-0.2, 0) is 12.2 Å². The molecule has 0 spiro atoms. The van der Waals surface area contributed by atoms with Crippen molar-refractivity contribution in [3.05, 3.63) is 106 Å². The number of nitrogens with zero attached hydrogens (tertiary/aromatic N) is 5. The number of pyridine rings is 1. The smallest absolute Gasteiger partial charge is 0.251 e. The molecule has 1 N–H and O–H groups in total. The van der Waals surface area contributed by atoms with Gasteiger partial charge in [-0.1, -0.05) is 53.7 Å². The molecule has 1 aliphatic rings. The van der Waals surface area contributed by atoms with Crippen LogP contribution in [0.1, 0.15) is 32.9 Å². The summed E-state index contributed by atoms with van der Waals surface area (Å²) < 4.78 is 0. The Balaban J connectivity index is 1.19. The number of rotatable bonds is 9. The van der Waals surface area contributed by atoms with E-state index < -0.39 is 0 Å². The van der Waals surface area contributed by atoms with Crippen molar-refractivity contribution in [3.8, 4) is 0 Å². The van der Waals surface area contributed by atoms with Crippen molar-refractivity contribution in [2.24, 2.45) is 0 Å². The average Bonchev–Trinajstić information content (AvgIpc) is 2.99. The van der Waals surface area contributed by atoms with Crippen LogP contribution in [0.3, 0.4) is 0 Å². The van der Waals surface area contributed by atoms with Gasteiger partial charge in [-0.2, -0.15) is 0 Å². The van der Waals surface area contributed by atoms with E-state index in [0.29, 0.717) is 24.3 Å². The third kappa shape index (κ3) is 6.92. The molecular formula is C31H33ClN6OS. The van der Waals surface area contributed by atoms with Crippen LogP contribution in [0.5, 0.6) is 0 Å². The molecule has 0 aliphatic carbocycles. The van der Waals surface area contributed by atoms with Gasteiger partial charge in [0.15, 0.2) is 5.16 Å². The second-order valence-corrected chi connectivity index (χ2v) is 11.1. The molecule has 0 saturated carbocycles. The van der Waals surface area contributed by atoms with Crippen molar-refractivity contribution in [1.29, 1.82) is 0 Å². The number of carbonyl (C=O) groups is 1. The zero-order valence-corrected chi connectivity index (χ0v) is 24.4. The summed E-state index contributed by atoms with van der Waals surface area (Å²) in [6, 6.07) is 21.6. The van der Waals surface area contributed by atoms with E-state index in [1.165, 1.54) is 0 Å². The van der Waals surface area contributed by atoms with Gasteiger partial charge in [-0.3, -0.25) is 9.78 Å². The van der Waals surface area contributed by atoms with E-state index in [-0.39, 0.29) is 5.91 Å². The molecule has 0 unspecified atom stereocenters. The van der Waals surface area contributed by atoms with E-state index in [4.69, 9.17) is 21.6 Å². The Morgan fingerprint density at radius 2 is 1.73 bits per heavy atom. The molecule has 9 heteroatoms. The number of carbonyl (C=O) groups excluding carboxylic acids is 1. The number of aromatic nitrogens is 3. The molecule has 0 radical (unpaired) electrons. The van der Waals surface area contributed by atoms with Crippen LogP contribution < -0.4 is 15.1 Å². The SMILES string of the molecule is Cc1nc(SCc2cccc(C(=O)NCCc3ccccn3)c2)nc(N2CCN(c3ccccc3Cl)CC2)c1C. The molecule has 1 saturated heterocycles. The first kappa shape index (κ1) is 27.9. The van der Waals surface area contributed by atoms with Gasteiger partial charge in [-0.25, -0.2) is 9.97 Å². The summed E-state index contributed by atoms with van der Waals surface area (Å²) in [7, 11) is 0. The van der Waals surface area contributed by atoms with Gasteiger partial charge >= 0.3 is 0 Å². The highest BCUT2D eigenvalue weighted by molar-refractivity contribution is 7.98. The van der Waals surface area contributed by atoms with Crippen LogP contribution in [0.15, 0.2) is 78.1 Å². The number of hydrogen-bond acceptors (Lipinski definition) is 7. The Bertz CT molecular complexity index is 1460. The van der Waals surface area contributed by atoms with Crippen LogP contribution in [-0.4, -0.2) is 53.6 Å². The molecule has 5 rings (SSSR count). The first-order chi connectivity index (χ1) is 19.5. The lowest BCUT2D eigenvalue weighted by atomic mass is 10.1. The number of anilines is 2. The number of aryl methyl sites for hydroxylation is 1. The van der Waals surface area contributed by atoms with E-state index in [1.54, 1.807) is 18.0 Å². The lowest BCUT2D eigenvalue weighted by molar-refractivity contribution is 0.0954. The number of benzene rings is 2. The maximum Gasteiger partial charge on any atom is 0.251 e. The Hall–Kier alpha value is -3.62. The molecule has 3 heterocycles. The fraction of sp³-hybridized carbons (Fsp3) is 0.290. The Morgan fingerprint density at radius 1 is 0.950 bits per heavy atom. The van der Waals surface area contributed by atoms with Gasteiger partial charge in [0.1, 0.15) is 5.82 Å². The van der Waals surface area contributed by atoms with Crippen LogP contribution >= 0.6 is 23.4 Å². The normalized spacial score (nSPS) is 13.4. The van der Waals surface area contributed by atoms with E-state index in [9.17, 15) is 4.79 Å². The Kier molecular flexibility index (Phi) is 9.19. The fourth-order valence-electron chi connectivity index (χ4n) is 4.73. The number of halogens is 1. The summed E-state index contributed by atoms with van der Waals surface area (Å²) in [6.45, 7) is 8.17. The van der Waals surface area contributed by atoms with Crippen molar-refractivity contribution >= 4 is 40.8 Å². The standard InChI is InChI=1S/C31H33ClN6OS/c1-22-23(2)35-31(36-29(22)38-18-16-37(17-19-38)28-12-4-3-11-27(28)32)40-21-24-8-7-9-25(20-24)30(39)34-15-13-26-10-5-6-14-33-26/h3-12,14,20H,13,15-19,21H2,1-2H3,(H,34,39). The van der Waals surface area contributed by atoms with Crippen LogP contribution in [0.25, 0.3) is 0 Å². The van der Waals surface area contributed by atoms with Crippen molar-refractivity contribution in [1.82, 2.24) is 20.3 Å². The molecule has 2 aromatic carbocycles. The first-order valence-electron chi connectivity index (χ1n) is 13.5. The molecule has 4 aromatic rings. The summed E-state index contributed by atoms with van der Waals surface area (Å²) >= 11 is 8.03. The minimum atomic E-state index is -0.0802. The lowest BCUT2D eigenvalue weighted by Crippen LogP contribution is -2.47. The van der Waals surface area contributed by atoms with E-state index in [0.717, 1.165) is 70.4 Å². The molecular weight excluding hydrogens is 540 g/mol. The van der Waals surface area contributed by atoms with Crippen LogP contribution in [0.2, 0.25) is 5.02 Å². The number of hydrogen-bond donors (Lipinski definition) is 1. The zero-order valence-electron chi connectivity index (χ0n) is 22.8. The zero-order chi connectivity index (χ0) is 27.9. The van der Waals surface area contributed by atoms with Crippen molar-refractivity contribution < 1.29 is 4.79 Å². The van der Waals surface area contributed by atoms with E-state index in [2.05, 4.69) is 33.1 Å². The molecule has 40 heavy (non-hydrogen) atoms.